The molecule has 3 aromatic rings. The number of nitriles is 1. The molecular formula is C23H23N3O3. The standard InChI is InChI=1S/C23H23N3O3/c1-15-16(2)26(18-7-11-20(29-4)12-8-18)23(21(15)14-24)25-22(27)13-17-5-9-19(28-3)10-6-17/h5-12H,13H2,1-4H3,(H,25,27). The SMILES string of the molecule is COc1ccc(CC(=O)Nc2c(C#N)c(C)c(C)n2-c2ccc(OC)cc2)cc1. The van der Waals surface area contributed by atoms with Gasteiger partial charge in [0.2, 0.25) is 5.91 Å². The molecule has 0 fully saturated rings. The van der Waals surface area contributed by atoms with Gasteiger partial charge in [-0.25, -0.2) is 0 Å². The van der Waals surface area contributed by atoms with E-state index < -0.39 is 0 Å². The smallest absolute Gasteiger partial charge is 0.229 e. The Labute approximate surface area is 170 Å². The summed E-state index contributed by atoms with van der Waals surface area (Å²) >= 11 is 0. The van der Waals surface area contributed by atoms with Crippen LogP contribution in [0.5, 0.6) is 11.5 Å². The second-order valence-corrected chi connectivity index (χ2v) is 6.65. The van der Waals surface area contributed by atoms with Crippen molar-refractivity contribution in [1.29, 1.82) is 5.26 Å². The van der Waals surface area contributed by atoms with Crippen LogP contribution < -0.4 is 14.8 Å². The van der Waals surface area contributed by atoms with Crippen molar-refractivity contribution in [3.8, 4) is 23.3 Å². The quantitative estimate of drug-likeness (QED) is 0.687. The third kappa shape index (κ3) is 4.09. The number of hydrogen-bond donors (Lipinski definition) is 1. The van der Waals surface area contributed by atoms with Crippen LogP contribution >= 0.6 is 0 Å². The predicted molar refractivity (Wildman–Crippen MR) is 112 cm³/mol. The molecular weight excluding hydrogens is 366 g/mol. The van der Waals surface area contributed by atoms with Crippen molar-refractivity contribution in [3.63, 3.8) is 0 Å². The van der Waals surface area contributed by atoms with Gasteiger partial charge in [-0.15, -0.1) is 0 Å². The van der Waals surface area contributed by atoms with Gasteiger partial charge in [-0.05, 0) is 61.4 Å². The van der Waals surface area contributed by atoms with Gasteiger partial charge >= 0.3 is 0 Å². The summed E-state index contributed by atoms with van der Waals surface area (Å²) in [7, 11) is 3.21. The zero-order valence-electron chi connectivity index (χ0n) is 16.9. The van der Waals surface area contributed by atoms with E-state index in [4.69, 9.17) is 9.47 Å². The van der Waals surface area contributed by atoms with Crippen molar-refractivity contribution < 1.29 is 14.3 Å². The molecule has 29 heavy (non-hydrogen) atoms. The lowest BCUT2D eigenvalue weighted by Crippen LogP contribution is -2.18. The summed E-state index contributed by atoms with van der Waals surface area (Å²) in [5, 5.41) is 12.6. The summed E-state index contributed by atoms with van der Waals surface area (Å²) < 4.78 is 12.3. The molecule has 0 saturated carbocycles. The Hall–Kier alpha value is -3.72. The number of anilines is 1. The summed E-state index contributed by atoms with van der Waals surface area (Å²) in [6.07, 6.45) is 0.195. The molecule has 0 unspecified atom stereocenters. The molecule has 0 bridgehead atoms. The number of ether oxygens (including phenoxy) is 2. The normalized spacial score (nSPS) is 10.3. The van der Waals surface area contributed by atoms with Crippen LogP contribution in [0.3, 0.4) is 0 Å². The first kappa shape index (κ1) is 20.0. The van der Waals surface area contributed by atoms with Gasteiger partial charge in [0, 0.05) is 11.4 Å². The fraction of sp³-hybridized carbons (Fsp3) is 0.217. The Morgan fingerprint density at radius 2 is 1.55 bits per heavy atom. The Balaban J connectivity index is 1.93. The molecule has 148 valence electrons. The molecule has 0 spiro atoms. The Bertz CT molecular complexity index is 1060. The number of nitrogens with zero attached hydrogens (tertiary/aromatic N) is 2. The van der Waals surface area contributed by atoms with Crippen LogP contribution in [0.25, 0.3) is 5.69 Å². The van der Waals surface area contributed by atoms with Gasteiger partial charge in [-0.2, -0.15) is 5.26 Å². The van der Waals surface area contributed by atoms with Gasteiger partial charge in [0.1, 0.15) is 23.4 Å². The molecule has 6 heteroatoms. The third-order valence-corrected chi connectivity index (χ3v) is 4.94. The molecule has 1 heterocycles. The minimum absolute atomic E-state index is 0.195. The van der Waals surface area contributed by atoms with Crippen LogP contribution in [0.2, 0.25) is 0 Å². The molecule has 2 aromatic carbocycles. The largest absolute Gasteiger partial charge is 0.497 e. The highest BCUT2D eigenvalue weighted by Gasteiger charge is 2.20. The highest BCUT2D eigenvalue weighted by molar-refractivity contribution is 5.93. The Kier molecular flexibility index (Phi) is 5.89. The minimum Gasteiger partial charge on any atom is -0.497 e. The number of nitrogens with one attached hydrogen (secondary N) is 1. The van der Waals surface area contributed by atoms with Gasteiger partial charge < -0.3 is 14.8 Å². The van der Waals surface area contributed by atoms with E-state index in [1.807, 2.05) is 66.9 Å². The maximum Gasteiger partial charge on any atom is 0.229 e. The van der Waals surface area contributed by atoms with Crippen LogP contribution in [0, 0.1) is 25.2 Å². The number of methoxy groups -OCH3 is 2. The lowest BCUT2D eigenvalue weighted by Gasteiger charge is -2.14. The first-order valence-electron chi connectivity index (χ1n) is 9.17. The van der Waals surface area contributed by atoms with E-state index in [1.165, 1.54) is 0 Å². The monoisotopic (exact) mass is 389 g/mol. The van der Waals surface area contributed by atoms with E-state index in [0.717, 1.165) is 34.0 Å². The number of carbonyl (C=O) groups is 1. The van der Waals surface area contributed by atoms with Crippen molar-refractivity contribution in [1.82, 2.24) is 4.57 Å². The lowest BCUT2D eigenvalue weighted by molar-refractivity contribution is -0.115. The molecule has 1 N–H and O–H groups in total. The molecule has 0 atom stereocenters. The first-order valence-corrected chi connectivity index (χ1v) is 9.17. The Morgan fingerprint density at radius 1 is 1.00 bits per heavy atom. The van der Waals surface area contributed by atoms with Crippen molar-refractivity contribution in [2.45, 2.75) is 20.3 Å². The van der Waals surface area contributed by atoms with E-state index in [9.17, 15) is 10.1 Å². The summed E-state index contributed by atoms with van der Waals surface area (Å²) in [5.74, 6) is 1.76. The summed E-state index contributed by atoms with van der Waals surface area (Å²) in [4.78, 5) is 12.7. The minimum atomic E-state index is -0.195. The van der Waals surface area contributed by atoms with Crippen LogP contribution in [-0.4, -0.2) is 24.7 Å². The molecule has 0 aliphatic carbocycles. The molecule has 0 saturated heterocycles. The fourth-order valence-corrected chi connectivity index (χ4v) is 3.22. The maximum absolute atomic E-state index is 12.7. The average molecular weight is 389 g/mol. The number of rotatable bonds is 6. The zero-order chi connectivity index (χ0) is 21.0. The van der Waals surface area contributed by atoms with Gasteiger partial charge in [0.25, 0.3) is 0 Å². The lowest BCUT2D eigenvalue weighted by atomic mass is 10.1. The predicted octanol–water partition coefficient (Wildman–Crippen LogP) is 4.16. The molecule has 0 aliphatic heterocycles. The second-order valence-electron chi connectivity index (χ2n) is 6.65. The summed E-state index contributed by atoms with van der Waals surface area (Å²) in [6.45, 7) is 3.81. The van der Waals surface area contributed by atoms with E-state index in [2.05, 4.69) is 11.4 Å². The number of aromatic nitrogens is 1. The van der Waals surface area contributed by atoms with E-state index in [0.29, 0.717) is 11.4 Å². The van der Waals surface area contributed by atoms with Crippen LogP contribution in [0.4, 0.5) is 5.82 Å². The van der Waals surface area contributed by atoms with Gasteiger partial charge in [0.15, 0.2) is 0 Å². The van der Waals surface area contributed by atoms with Gasteiger partial charge in [-0.3, -0.25) is 9.36 Å². The third-order valence-electron chi connectivity index (χ3n) is 4.94. The van der Waals surface area contributed by atoms with E-state index in [1.54, 1.807) is 14.2 Å². The van der Waals surface area contributed by atoms with Crippen LogP contribution in [0.1, 0.15) is 22.4 Å². The van der Waals surface area contributed by atoms with Crippen molar-refractivity contribution in [2.75, 3.05) is 19.5 Å². The number of hydrogen-bond acceptors (Lipinski definition) is 4. The highest BCUT2D eigenvalue weighted by Crippen LogP contribution is 2.30. The molecule has 0 aliphatic rings. The Morgan fingerprint density at radius 3 is 2.07 bits per heavy atom. The van der Waals surface area contributed by atoms with Gasteiger partial charge in [0.05, 0.1) is 26.2 Å². The fourth-order valence-electron chi connectivity index (χ4n) is 3.22. The average Bonchev–Trinajstić information content (AvgIpc) is 2.97. The highest BCUT2D eigenvalue weighted by atomic mass is 16.5. The molecule has 1 amide bonds. The van der Waals surface area contributed by atoms with Crippen molar-refractivity contribution in [3.05, 3.63) is 70.9 Å². The topological polar surface area (TPSA) is 76.3 Å². The van der Waals surface area contributed by atoms with Crippen LogP contribution in [0.15, 0.2) is 48.5 Å². The summed E-state index contributed by atoms with van der Waals surface area (Å²) in [6, 6.07) is 17.0. The maximum atomic E-state index is 12.7. The van der Waals surface area contributed by atoms with Crippen molar-refractivity contribution >= 4 is 11.7 Å². The molecule has 1 aromatic heterocycles. The summed E-state index contributed by atoms with van der Waals surface area (Å²) in [5.41, 5.74) is 3.89. The van der Waals surface area contributed by atoms with Crippen LogP contribution in [-0.2, 0) is 11.2 Å². The molecule has 6 nitrogen and oxygen atoms in total. The number of carbonyl (C=O) groups excluding carboxylic acids is 1. The first-order chi connectivity index (χ1) is 14.0. The zero-order valence-corrected chi connectivity index (χ0v) is 16.9. The number of benzene rings is 2. The van der Waals surface area contributed by atoms with Gasteiger partial charge in [-0.1, -0.05) is 12.1 Å². The second kappa shape index (κ2) is 8.53. The molecule has 3 rings (SSSR count). The number of amides is 1. The van der Waals surface area contributed by atoms with Crippen molar-refractivity contribution in [2.24, 2.45) is 0 Å². The molecule has 0 radical (unpaired) electrons. The van der Waals surface area contributed by atoms with E-state index in [-0.39, 0.29) is 12.3 Å². The van der Waals surface area contributed by atoms with E-state index >= 15 is 0 Å².